The third-order valence-electron chi connectivity index (χ3n) is 4.07. The van der Waals surface area contributed by atoms with E-state index in [9.17, 15) is 5.26 Å². The Labute approximate surface area is 142 Å². The molecule has 24 heavy (non-hydrogen) atoms. The summed E-state index contributed by atoms with van der Waals surface area (Å²) in [5, 5.41) is 9.55. The SMILES string of the molecule is CCN(CC)c1cccc(/C=C(\C#N)c2nc3ccccc3[nH]2)c1. The molecule has 2 aromatic carbocycles. The molecule has 1 heterocycles. The topological polar surface area (TPSA) is 55.7 Å². The van der Waals surface area contributed by atoms with E-state index in [1.807, 2.05) is 42.5 Å². The summed E-state index contributed by atoms with van der Waals surface area (Å²) >= 11 is 0. The lowest BCUT2D eigenvalue weighted by Crippen LogP contribution is -2.21. The largest absolute Gasteiger partial charge is 0.372 e. The van der Waals surface area contributed by atoms with E-state index >= 15 is 0 Å². The van der Waals surface area contributed by atoms with Crippen molar-refractivity contribution in [1.29, 1.82) is 5.26 Å². The summed E-state index contributed by atoms with van der Waals surface area (Å²) < 4.78 is 0. The van der Waals surface area contributed by atoms with Gasteiger partial charge < -0.3 is 9.88 Å². The molecule has 120 valence electrons. The Bertz CT molecular complexity index is 878. The number of nitrogens with zero attached hydrogens (tertiary/aromatic N) is 3. The normalized spacial score (nSPS) is 11.5. The van der Waals surface area contributed by atoms with Gasteiger partial charge in [0, 0.05) is 18.8 Å². The Morgan fingerprint density at radius 1 is 1.17 bits per heavy atom. The van der Waals surface area contributed by atoms with Gasteiger partial charge >= 0.3 is 0 Å². The van der Waals surface area contributed by atoms with Crippen molar-refractivity contribution in [3.05, 3.63) is 59.9 Å². The highest BCUT2D eigenvalue weighted by Gasteiger charge is 2.08. The quantitative estimate of drug-likeness (QED) is 0.706. The summed E-state index contributed by atoms with van der Waals surface area (Å²) in [6.07, 6.45) is 1.88. The molecule has 0 amide bonds. The van der Waals surface area contributed by atoms with E-state index in [0.29, 0.717) is 11.4 Å². The molecule has 4 nitrogen and oxygen atoms in total. The second-order valence-electron chi connectivity index (χ2n) is 5.54. The standard InChI is InChI=1S/C20H20N4/c1-3-24(4-2)17-9-7-8-15(13-17)12-16(14-21)20-22-18-10-5-6-11-19(18)23-20/h5-13H,3-4H2,1-2H3,(H,22,23)/b16-12+. The number of rotatable bonds is 5. The summed E-state index contributed by atoms with van der Waals surface area (Å²) in [5.74, 6) is 0.604. The Morgan fingerprint density at radius 2 is 1.96 bits per heavy atom. The smallest absolute Gasteiger partial charge is 0.149 e. The molecule has 0 saturated carbocycles. The number of allylic oxidation sites excluding steroid dienone is 1. The van der Waals surface area contributed by atoms with Crippen molar-refractivity contribution in [3.63, 3.8) is 0 Å². The highest BCUT2D eigenvalue weighted by molar-refractivity contribution is 5.90. The Morgan fingerprint density at radius 3 is 2.67 bits per heavy atom. The van der Waals surface area contributed by atoms with Gasteiger partial charge in [0.1, 0.15) is 11.9 Å². The maximum Gasteiger partial charge on any atom is 0.149 e. The van der Waals surface area contributed by atoms with Crippen molar-refractivity contribution in [2.45, 2.75) is 13.8 Å². The number of imidazole rings is 1. The first-order chi connectivity index (χ1) is 11.7. The fraction of sp³-hybridized carbons (Fsp3) is 0.200. The highest BCUT2D eigenvalue weighted by atomic mass is 15.1. The van der Waals surface area contributed by atoms with Crippen molar-refractivity contribution in [1.82, 2.24) is 9.97 Å². The zero-order chi connectivity index (χ0) is 16.9. The number of aromatic nitrogens is 2. The predicted molar refractivity (Wildman–Crippen MR) is 99.6 cm³/mol. The molecule has 0 fully saturated rings. The fourth-order valence-electron chi connectivity index (χ4n) is 2.80. The molecule has 0 aliphatic heterocycles. The molecule has 1 aromatic heterocycles. The van der Waals surface area contributed by atoms with Crippen LogP contribution in [0.25, 0.3) is 22.7 Å². The molecule has 3 aromatic rings. The van der Waals surface area contributed by atoms with Crippen molar-refractivity contribution in [2.24, 2.45) is 0 Å². The summed E-state index contributed by atoms with van der Waals surface area (Å²) in [4.78, 5) is 10.0. The Hall–Kier alpha value is -3.06. The van der Waals surface area contributed by atoms with Gasteiger partial charge in [-0.15, -0.1) is 0 Å². The van der Waals surface area contributed by atoms with Crippen molar-refractivity contribution >= 4 is 28.4 Å². The molecule has 0 bridgehead atoms. The lowest BCUT2D eigenvalue weighted by atomic mass is 10.1. The van der Waals surface area contributed by atoms with Crippen LogP contribution < -0.4 is 4.90 Å². The van der Waals surface area contributed by atoms with Gasteiger partial charge in [-0.1, -0.05) is 24.3 Å². The lowest BCUT2D eigenvalue weighted by molar-refractivity contribution is 0.866. The van der Waals surface area contributed by atoms with E-state index in [-0.39, 0.29) is 0 Å². The van der Waals surface area contributed by atoms with E-state index in [1.54, 1.807) is 0 Å². The molecule has 0 unspecified atom stereocenters. The monoisotopic (exact) mass is 316 g/mol. The zero-order valence-corrected chi connectivity index (χ0v) is 14.0. The van der Waals surface area contributed by atoms with E-state index < -0.39 is 0 Å². The lowest BCUT2D eigenvalue weighted by Gasteiger charge is -2.21. The van der Waals surface area contributed by atoms with Gasteiger partial charge in [-0.05, 0) is 49.8 Å². The van der Waals surface area contributed by atoms with E-state index in [2.05, 4.69) is 46.9 Å². The van der Waals surface area contributed by atoms with Crippen LogP contribution in [0.15, 0.2) is 48.5 Å². The van der Waals surface area contributed by atoms with Gasteiger partial charge in [0.05, 0.1) is 16.6 Å². The van der Waals surface area contributed by atoms with Gasteiger partial charge in [0.25, 0.3) is 0 Å². The van der Waals surface area contributed by atoms with Gasteiger partial charge in [-0.25, -0.2) is 4.98 Å². The maximum atomic E-state index is 9.55. The maximum absolute atomic E-state index is 9.55. The minimum atomic E-state index is 0.530. The number of nitrogens with one attached hydrogen (secondary N) is 1. The van der Waals surface area contributed by atoms with Crippen LogP contribution in [0.4, 0.5) is 5.69 Å². The molecule has 0 spiro atoms. The number of aromatic amines is 1. The van der Waals surface area contributed by atoms with Gasteiger partial charge in [-0.3, -0.25) is 0 Å². The van der Waals surface area contributed by atoms with Crippen molar-refractivity contribution in [3.8, 4) is 6.07 Å². The summed E-state index contributed by atoms with van der Waals surface area (Å²) in [5.41, 5.74) is 4.49. The minimum absolute atomic E-state index is 0.530. The van der Waals surface area contributed by atoms with Crippen LogP contribution in [0.1, 0.15) is 25.2 Å². The summed E-state index contributed by atoms with van der Waals surface area (Å²) in [6.45, 7) is 6.19. The minimum Gasteiger partial charge on any atom is -0.372 e. The Balaban J connectivity index is 1.99. The molecule has 0 saturated heterocycles. The van der Waals surface area contributed by atoms with Gasteiger partial charge in [0.2, 0.25) is 0 Å². The number of H-pyrrole nitrogens is 1. The first-order valence-corrected chi connectivity index (χ1v) is 8.17. The molecule has 0 radical (unpaired) electrons. The number of anilines is 1. The molecule has 4 heteroatoms. The molecule has 0 aliphatic carbocycles. The fourth-order valence-corrected chi connectivity index (χ4v) is 2.80. The summed E-state index contributed by atoms with van der Waals surface area (Å²) in [7, 11) is 0. The van der Waals surface area contributed by atoms with Crippen LogP contribution in [0, 0.1) is 11.3 Å². The third-order valence-corrected chi connectivity index (χ3v) is 4.07. The van der Waals surface area contributed by atoms with Crippen LogP contribution in [0.5, 0.6) is 0 Å². The van der Waals surface area contributed by atoms with Crippen LogP contribution in [0.3, 0.4) is 0 Å². The molecular weight excluding hydrogens is 296 g/mol. The zero-order valence-electron chi connectivity index (χ0n) is 14.0. The Kier molecular flexibility index (Phi) is 4.62. The number of nitriles is 1. The van der Waals surface area contributed by atoms with Crippen molar-refractivity contribution in [2.75, 3.05) is 18.0 Å². The van der Waals surface area contributed by atoms with Crippen LogP contribution in [-0.2, 0) is 0 Å². The number of hydrogen-bond acceptors (Lipinski definition) is 3. The molecule has 1 N–H and O–H groups in total. The summed E-state index contributed by atoms with van der Waals surface area (Å²) in [6, 6.07) is 18.3. The molecule has 0 aliphatic rings. The van der Waals surface area contributed by atoms with E-state index in [0.717, 1.165) is 35.4 Å². The molecule has 0 atom stereocenters. The molecular formula is C20H20N4. The van der Waals surface area contributed by atoms with Crippen LogP contribution in [0.2, 0.25) is 0 Å². The van der Waals surface area contributed by atoms with Gasteiger partial charge in [-0.2, -0.15) is 5.26 Å². The van der Waals surface area contributed by atoms with Crippen LogP contribution >= 0.6 is 0 Å². The first-order valence-electron chi connectivity index (χ1n) is 8.17. The first kappa shape index (κ1) is 15.8. The number of para-hydroxylation sites is 2. The van der Waals surface area contributed by atoms with Crippen LogP contribution in [-0.4, -0.2) is 23.1 Å². The predicted octanol–water partition coefficient (Wildman–Crippen LogP) is 4.47. The second-order valence-corrected chi connectivity index (χ2v) is 5.54. The number of benzene rings is 2. The third kappa shape index (κ3) is 3.16. The number of hydrogen-bond donors (Lipinski definition) is 1. The second kappa shape index (κ2) is 7.01. The molecule has 3 rings (SSSR count). The number of fused-ring (bicyclic) bond motifs is 1. The van der Waals surface area contributed by atoms with Crippen molar-refractivity contribution < 1.29 is 0 Å². The average molecular weight is 316 g/mol. The average Bonchev–Trinajstić information content (AvgIpc) is 3.05. The van der Waals surface area contributed by atoms with E-state index in [4.69, 9.17) is 0 Å². The highest BCUT2D eigenvalue weighted by Crippen LogP contribution is 2.22. The van der Waals surface area contributed by atoms with E-state index in [1.165, 1.54) is 0 Å². The van der Waals surface area contributed by atoms with Gasteiger partial charge in [0.15, 0.2) is 0 Å².